The van der Waals surface area contributed by atoms with Crippen LogP contribution < -0.4 is 14.8 Å². The maximum absolute atomic E-state index is 12.6. The number of carboxylic acid groups (broad SMARTS) is 1. The van der Waals surface area contributed by atoms with Crippen molar-refractivity contribution in [2.24, 2.45) is 0 Å². The molecule has 2 aliphatic heterocycles. The summed E-state index contributed by atoms with van der Waals surface area (Å²) < 4.78 is 15.8. The molecule has 1 fully saturated rings. The predicted molar refractivity (Wildman–Crippen MR) is 108 cm³/mol. The van der Waals surface area contributed by atoms with Gasteiger partial charge in [-0.15, -0.1) is 11.8 Å². The first kappa shape index (κ1) is 20.8. The fraction of sp³-hybridized carbons (Fsp3) is 0.300. The standard InChI is InChI=1S/C20H19N3O7S/c1-11-7-15(22-30-11)29-8-12-10-31-19-16(18(25)23(19)17(12)20(26)27)21-14(24)9-28-13-5-3-2-4-6-13/h2-7,16,19H,8-10H2,1H3,(H,21,24)(H,26,27)/t16?,19-/m1/s1. The first-order valence-electron chi connectivity index (χ1n) is 9.37. The number of aliphatic carboxylic acids is 1. The second-order valence-corrected chi connectivity index (χ2v) is 7.98. The number of benzene rings is 1. The molecule has 1 aromatic carbocycles. The minimum Gasteiger partial charge on any atom is -0.484 e. The van der Waals surface area contributed by atoms with Crippen molar-refractivity contribution in [1.29, 1.82) is 0 Å². The number of nitrogens with zero attached hydrogens (tertiary/aromatic N) is 2. The Balaban J connectivity index is 1.38. The number of ether oxygens (including phenoxy) is 2. The number of rotatable bonds is 8. The average Bonchev–Trinajstić information content (AvgIpc) is 3.19. The van der Waals surface area contributed by atoms with Gasteiger partial charge in [0.05, 0.1) is 0 Å². The van der Waals surface area contributed by atoms with Gasteiger partial charge in [-0.1, -0.05) is 18.2 Å². The molecule has 1 aromatic heterocycles. The molecule has 2 N–H and O–H groups in total. The zero-order valence-corrected chi connectivity index (χ0v) is 17.3. The van der Waals surface area contributed by atoms with E-state index >= 15 is 0 Å². The molecule has 2 atom stereocenters. The van der Waals surface area contributed by atoms with Crippen molar-refractivity contribution >= 4 is 29.5 Å². The highest BCUT2D eigenvalue weighted by Crippen LogP contribution is 2.40. The Morgan fingerprint density at radius 2 is 2.10 bits per heavy atom. The lowest BCUT2D eigenvalue weighted by Crippen LogP contribution is -2.71. The van der Waals surface area contributed by atoms with Gasteiger partial charge in [-0.2, -0.15) is 0 Å². The molecule has 162 valence electrons. The maximum atomic E-state index is 12.6. The smallest absolute Gasteiger partial charge is 0.352 e. The van der Waals surface area contributed by atoms with Crippen molar-refractivity contribution in [3.05, 3.63) is 53.4 Å². The Kier molecular flexibility index (Phi) is 5.85. The molecule has 1 unspecified atom stereocenters. The van der Waals surface area contributed by atoms with Gasteiger partial charge in [0.2, 0.25) is 0 Å². The molecule has 1 saturated heterocycles. The van der Waals surface area contributed by atoms with Gasteiger partial charge in [-0.05, 0) is 24.2 Å². The first-order valence-corrected chi connectivity index (χ1v) is 10.4. The van der Waals surface area contributed by atoms with E-state index in [-0.39, 0.29) is 24.8 Å². The van der Waals surface area contributed by atoms with Crippen molar-refractivity contribution in [2.75, 3.05) is 19.0 Å². The zero-order valence-electron chi connectivity index (χ0n) is 16.4. The van der Waals surface area contributed by atoms with E-state index in [0.717, 1.165) is 0 Å². The molecule has 4 rings (SSSR count). The molecule has 2 aromatic rings. The van der Waals surface area contributed by atoms with Gasteiger partial charge in [0, 0.05) is 17.4 Å². The van der Waals surface area contributed by atoms with Gasteiger partial charge in [-0.25, -0.2) is 4.79 Å². The number of carbonyl (C=O) groups is 3. The third-order valence-electron chi connectivity index (χ3n) is 4.68. The van der Waals surface area contributed by atoms with Gasteiger partial charge in [0.15, 0.2) is 6.61 Å². The molecule has 0 radical (unpaired) electrons. The Morgan fingerprint density at radius 1 is 1.32 bits per heavy atom. The molecule has 10 nitrogen and oxygen atoms in total. The number of hydrogen-bond acceptors (Lipinski definition) is 8. The van der Waals surface area contributed by atoms with E-state index in [4.69, 9.17) is 14.0 Å². The number of thioether (sulfide) groups is 1. The molecule has 2 amide bonds. The van der Waals surface area contributed by atoms with Gasteiger partial charge in [0.1, 0.15) is 35.2 Å². The van der Waals surface area contributed by atoms with Gasteiger partial charge < -0.3 is 24.4 Å². The number of nitrogens with one attached hydrogen (secondary N) is 1. The normalized spacial score (nSPS) is 20.0. The molecule has 0 saturated carbocycles. The van der Waals surface area contributed by atoms with Gasteiger partial charge in [-0.3, -0.25) is 14.5 Å². The van der Waals surface area contributed by atoms with E-state index in [9.17, 15) is 19.5 Å². The summed E-state index contributed by atoms with van der Waals surface area (Å²) in [5, 5.41) is 15.5. The van der Waals surface area contributed by atoms with Crippen molar-refractivity contribution < 1.29 is 33.5 Å². The fourth-order valence-electron chi connectivity index (χ4n) is 3.25. The Bertz CT molecular complexity index is 1040. The van der Waals surface area contributed by atoms with Crippen LogP contribution in [-0.4, -0.2) is 63.3 Å². The monoisotopic (exact) mass is 445 g/mol. The molecule has 0 aliphatic carbocycles. The zero-order chi connectivity index (χ0) is 22.0. The second-order valence-electron chi connectivity index (χ2n) is 6.88. The van der Waals surface area contributed by atoms with E-state index in [0.29, 0.717) is 22.8 Å². The van der Waals surface area contributed by atoms with Crippen LogP contribution >= 0.6 is 11.8 Å². The van der Waals surface area contributed by atoms with Crippen molar-refractivity contribution in [3.8, 4) is 11.6 Å². The molecule has 2 aliphatic rings. The minimum absolute atomic E-state index is 0.0426. The van der Waals surface area contributed by atoms with Crippen LogP contribution in [0.25, 0.3) is 0 Å². The SMILES string of the molecule is Cc1cc(OCC2=C(C(=O)O)N3C(=O)C(NC(=O)COc4ccccc4)[C@H]3SC2)no1. The average molecular weight is 445 g/mol. The number of aromatic nitrogens is 1. The Morgan fingerprint density at radius 3 is 2.77 bits per heavy atom. The lowest BCUT2D eigenvalue weighted by atomic mass is 10.0. The minimum atomic E-state index is -1.23. The molecule has 0 spiro atoms. The van der Waals surface area contributed by atoms with E-state index in [1.165, 1.54) is 16.7 Å². The van der Waals surface area contributed by atoms with E-state index in [2.05, 4.69) is 10.5 Å². The second kappa shape index (κ2) is 8.72. The van der Waals surface area contributed by atoms with Crippen LogP contribution in [0.2, 0.25) is 0 Å². The Hall–Kier alpha value is -3.47. The summed E-state index contributed by atoms with van der Waals surface area (Å²) in [4.78, 5) is 37.9. The number of β-lactam (4-membered cyclic amide) rings is 1. The molecular formula is C20H19N3O7S. The molecular weight excluding hydrogens is 426 g/mol. The number of amides is 2. The third-order valence-corrected chi connectivity index (χ3v) is 6.02. The van der Waals surface area contributed by atoms with Gasteiger partial charge >= 0.3 is 5.97 Å². The number of hydrogen-bond donors (Lipinski definition) is 2. The lowest BCUT2D eigenvalue weighted by Gasteiger charge is -2.49. The van der Waals surface area contributed by atoms with Crippen LogP contribution in [0.4, 0.5) is 0 Å². The van der Waals surface area contributed by atoms with Crippen LogP contribution in [0.3, 0.4) is 0 Å². The number of para-hydroxylation sites is 1. The number of fused-ring (bicyclic) bond motifs is 1. The quantitative estimate of drug-likeness (QED) is 0.575. The predicted octanol–water partition coefficient (Wildman–Crippen LogP) is 1.18. The molecule has 3 heterocycles. The van der Waals surface area contributed by atoms with Crippen molar-refractivity contribution in [2.45, 2.75) is 18.3 Å². The Labute approximate surface area is 181 Å². The van der Waals surface area contributed by atoms with E-state index < -0.39 is 29.2 Å². The highest BCUT2D eigenvalue weighted by molar-refractivity contribution is 8.00. The molecule has 11 heteroatoms. The molecule has 31 heavy (non-hydrogen) atoms. The first-order chi connectivity index (χ1) is 14.9. The highest BCUT2D eigenvalue weighted by atomic mass is 32.2. The molecule has 0 bridgehead atoms. The number of aryl methyl sites for hydroxylation is 1. The summed E-state index contributed by atoms with van der Waals surface area (Å²) in [5.74, 6) is -0.509. The number of carboxylic acids is 1. The largest absolute Gasteiger partial charge is 0.484 e. The summed E-state index contributed by atoms with van der Waals surface area (Å²) in [7, 11) is 0. The summed E-state index contributed by atoms with van der Waals surface area (Å²) in [6.45, 7) is 1.42. The lowest BCUT2D eigenvalue weighted by molar-refractivity contribution is -0.151. The maximum Gasteiger partial charge on any atom is 0.352 e. The third kappa shape index (κ3) is 4.36. The van der Waals surface area contributed by atoms with Crippen LogP contribution in [0.5, 0.6) is 11.6 Å². The fourth-order valence-corrected chi connectivity index (χ4v) is 4.57. The summed E-state index contributed by atoms with van der Waals surface area (Å²) in [5.41, 5.74) is 0.319. The highest BCUT2D eigenvalue weighted by Gasteiger charge is 2.54. The van der Waals surface area contributed by atoms with Crippen molar-refractivity contribution in [3.63, 3.8) is 0 Å². The topological polar surface area (TPSA) is 131 Å². The summed E-state index contributed by atoms with van der Waals surface area (Å²) >= 11 is 1.36. The summed E-state index contributed by atoms with van der Waals surface area (Å²) in [6, 6.07) is 9.59. The van der Waals surface area contributed by atoms with E-state index in [1.54, 1.807) is 37.3 Å². The van der Waals surface area contributed by atoms with Crippen LogP contribution in [0, 0.1) is 6.92 Å². The summed E-state index contributed by atoms with van der Waals surface area (Å²) in [6.07, 6.45) is 0. The van der Waals surface area contributed by atoms with E-state index in [1.807, 2.05) is 6.07 Å². The van der Waals surface area contributed by atoms with Crippen molar-refractivity contribution in [1.82, 2.24) is 15.4 Å². The van der Waals surface area contributed by atoms with Crippen LogP contribution in [0.1, 0.15) is 5.76 Å². The van der Waals surface area contributed by atoms with Gasteiger partial charge in [0.25, 0.3) is 17.7 Å². The van der Waals surface area contributed by atoms with Crippen LogP contribution in [0.15, 0.2) is 52.2 Å². The number of carbonyl (C=O) groups excluding carboxylic acids is 2. The van der Waals surface area contributed by atoms with Crippen LogP contribution in [-0.2, 0) is 14.4 Å².